The first-order chi connectivity index (χ1) is 8.31. The fourth-order valence-corrected chi connectivity index (χ4v) is 2.06. The van der Waals surface area contributed by atoms with Crippen LogP contribution in [-0.4, -0.2) is 19.3 Å². The molecule has 0 amide bonds. The summed E-state index contributed by atoms with van der Waals surface area (Å²) in [6.07, 6.45) is 13.2. The minimum Gasteiger partial charge on any atom is -0.382 e. The quantitative estimate of drug-likeness (QED) is 0.490. The molecule has 2 heteroatoms. The van der Waals surface area contributed by atoms with E-state index in [-0.39, 0.29) is 0 Å². The van der Waals surface area contributed by atoms with Gasteiger partial charge in [-0.25, -0.2) is 0 Å². The number of hydrogen-bond donors (Lipinski definition) is 1. The summed E-state index contributed by atoms with van der Waals surface area (Å²) in [5.41, 5.74) is 6.01. The molecule has 104 valence electrons. The summed E-state index contributed by atoms with van der Waals surface area (Å²) in [6.45, 7) is 5.94. The first-order valence-corrected chi connectivity index (χ1v) is 7.64. The van der Waals surface area contributed by atoms with Gasteiger partial charge in [-0.05, 0) is 19.8 Å². The Kier molecular flexibility index (Phi) is 13.9. The summed E-state index contributed by atoms with van der Waals surface area (Å²) >= 11 is 0. The van der Waals surface area contributed by atoms with Gasteiger partial charge in [-0.1, -0.05) is 58.3 Å². The van der Waals surface area contributed by atoms with Gasteiger partial charge in [-0.2, -0.15) is 0 Å². The van der Waals surface area contributed by atoms with Crippen molar-refractivity contribution >= 4 is 0 Å². The highest BCUT2D eigenvalue weighted by Crippen LogP contribution is 2.10. The maximum atomic E-state index is 6.01. The Bertz CT molecular complexity index is 139. The maximum absolute atomic E-state index is 6.01. The molecular formula is C15H33NO. The summed E-state index contributed by atoms with van der Waals surface area (Å²) in [5.74, 6) is 0. The van der Waals surface area contributed by atoms with Crippen LogP contribution in [0.25, 0.3) is 0 Å². The van der Waals surface area contributed by atoms with E-state index < -0.39 is 0 Å². The molecule has 2 N–H and O–H groups in total. The Balaban J connectivity index is 3.05. The van der Waals surface area contributed by atoms with Crippen LogP contribution in [0.3, 0.4) is 0 Å². The normalized spacial score (nSPS) is 12.9. The molecular weight excluding hydrogens is 210 g/mol. The number of rotatable bonds is 13. The van der Waals surface area contributed by atoms with Crippen LogP contribution in [0.4, 0.5) is 0 Å². The number of hydrogen-bond acceptors (Lipinski definition) is 2. The van der Waals surface area contributed by atoms with Crippen LogP contribution >= 0.6 is 0 Å². The van der Waals surface area contributed by atoms with Crippen LogP contribution in [0, 0.1) is 0 Å². The zero-order valence-corrected chi connectivity index (χ0v) is 12.0. The molecule has 0 aliphatic rings. The third-order valence-electron chi connectivity index (χ3n) is 3.27. The Labute approximate surface area is 108 Å². The number of nitrogens with two attached hydrogens (primary N) is 1. The van der Waals surface area contributed by atoms with Crippen molar-refractivity contribution in [3.8, 4) is 0 Å². The third kappa shape index (κ3) is 13.9. The predicted octanol–water partition coefficient (Wildman–Crippen LogP) is 4.27. The van der Waals surface area contributed by atoms with Gasteiger partial charge in [0.25, 0.3) is 0 Å². The lowest BCUT2D eigenvalue weighted by atomic mass is 10.0. The van der Waals surface area contributed by atoms with E-state index in [4.69, 9.17) is 10.5 Å². The molecule has 0 aliphatic heterocycles. The lowest BCUT2D eigenvalue weighted by Crippen LogP contribution is -2.21. The summed E-state index contributed by atoms with van der Waals surface area (Å²) < 4.78 is 5.31. The second-order valence-electron chi connectivity index (χ2n) is 5.01. The molecule has 0 aromatic heterocycles. The zero-order valence-electron chi connectivity index (χ0n) is 12.0. The van der Waals surface area contributed by atoms with E-state index in [9.17, 15) is 0 Å². The van der Waals surface area contributed by atoms with E-state index in [1.165, 1.54) is 57.8 Å². The zero-order chi connectivity index (χ0) is 12.8. The molecule has 17 heavy (non-hydrogen) atoms. The summed E-state index contributed by atoms with van der Waals surface area (Å²) in [5, 5.41) is 0. The van der Waals surface area contributed by atoms with Gasteiger partial charge in [0.05, 0.1) is 0 Å². The Morgan fingerprint density at radius 3 is 2.00 bits per heavy atom. The highest BCUT2D eigenvalue weighted by Gasteiger charge is 2.01. The Morgan fingerprint density at radius 1 is 0.824 bits per heavy atom. The van der Waals surface area contributed by atoms with E-state index in [0.717, 1.165) is 19.6 Å². The minimum atomic E-state index is 0.349. The lowest BCUT2D eigenvalue weighted by molar-refractivity contribution is 0.139. The van der Waals surface area contributed by atoms with Crippen LogP contribution in [0.1, 0.15) is 78.1 Å². The first-order valence-electron chi connectivity index (χ1n) is 7.64. The number of ether oxygens (including phenoxy) is 1. The van der Waals surface area contributed by atoms with Crippen molar-refractivity contribution < 1.29 is 4.74 Å². The van der Waals surface area contributed by atoms with Crippen LogP contribution < -0.4 is 5.73 Å². The van der Waals surface area contributed by atoms with Gasteiger partial charge in [-0.15, -0.1) is 0 Å². The second-order valence-corrected chi connectivity index (χ2v) is 5.01. The van der Waals surface area contributed by atoms with E-state index in [2.05, 4.69) is 6.92 Å². The van der Waals surface area contributed by atoms with Gasteiger partial charge in [0.1, 0.15) is 0 Å². The van der Waals surface area contributed by atoms with E-state index in [1.807, 2.05) is 6.92 Å². The van der Waals surface area contributed by atoms with Crippen LogP contribution in [0.15, 0.2) is 0 Å². The topological polar surface area (TPSA) is 35.2 Å². The van der Waals surface area contributed by atoms with Crippen LogP contribution in [0.5, 0.6) is 0 Å². The molecule has 0 spiro atoms. The minimum absolute atomic E-state index is 0.349. The lowest BCUT2D eigenvalue weighted by Gasteiger charge is -2.11. The highest BCUT2D eigenvalue weighted by atomic mass is 16.5. The fourth-order valence-electron chi connectivity index (χ4n) is 2.06. The van der Waals surface area contributed by atoms with Crippen molar-refractivity contribution in [3.63, 3.8) is 0 Å². The monoisotopic (exact) mass is 243 g/mol. The number of unbranched alkanes of at least 4 members (excludes halogenated alkanes) is 7. The third-order valence-corrected chi connectivity index (χ3v) is 3.27. The van der Waals surface area contributed by atoms with Crippen molar-refractivity contribution in [2.45, 2.75) is 84.1 Å². The van der Waals surface area contributed by atoms with Gasteiger partial charge in [0.15, 0.2) is 0 Å². The summed E-state index contributed by atoms with van der Waals surface area (Å²) in [6, 6.07) is 0.349. The smallest absolute Gasteiger partial charge is 0.0480 e. The van der Waals surface area contributed by atoms with Gasteiger partial charge < -0.3 is 10.5 Å². The first kappa shape index (κ1) is 16.9. The van der Waals surface area contributed by atoms with Crippen molar-refractivity contribution in [1.29, 1.82) is 0 Å². The van der Waals surface area contributed by atoms with Gasteiger partial charge >= 0.3 is 0 Å². The molecule has 0 saturated carbocycles. The Hall–Kier alpha value is -0.0800. The average Bonchev–Trinajstić information content (AvgIpc) is 2.33. The predicted molar refractivity (Wildman–Crippen MR) is 76.3 cm³/mol. The Morgan fingerprint density at radius 2 is 1.41 bits per heavy atom. The molecule has 0 aromatic rings. The van der Waals surface area contributed by atoms with Gasteiger partial charge in [-0.3, -0.25) is 0 Å². The molecule has 0 aliphatic carbocycles. The summed E-state index contributed by atoms with van der Waals surface area (Å²) in [4.78, 5) is 0. The van der Waals surface area contributed by atoms with Gasteiger partial charge in [0.2, 0.25) is 0 Å². The van der Waals surface area contributed by atoms with Crippen molar-refractivity contribution in [1.82, 2.24) is 0 Å². The molecule has 0 rings (SSSR count). The average molecular weight is 243 g/mol. The van der Waals surface area contributed by atoms with Crippen molar-refractivity contribution in [3.05, 3.63) is 0 Å². The molecule has 0 aromatic carbocycles. The molecule has 0 heterocycles. The molecule has 0 saturated heterocycles. The molecule has 2 nitrogen and oxygen atoms in total. The summed E-state index contributed by atoms with van der Waals surface area (Å²) in [7, 11) is 0. The second kappa shape index (κ2) is 14.0. The van der Waals surface area contributed by atoms with Crippen molar-refractivity contribution in [2.24, 2.45) is 5.73 Å². The molecule has 1 atom stereocenters. The maximum Gasteiger partial charge on any atom is 0.0480 e. The van der Waals surface area contributed by atoms with Crippen molar-refractivity contribution in [2.75, 3.05) is 13.2 Å². The SMILES string of the molecule is CCCCCCCCCCC(N)CCOCC. The van der Waals surface area contributed by atoms with Crippen LogP contribution in [-0.2, 0) is 4.74 Å². The molecule has 0 radical (unpaired) electrons. The van der Waals surface area contributed by atoms with E-state index in [0.29, 0.717) is 6.04 Å². The van der Waals surface area contributed by atoms with E-state index >= 15 is 0 Å². The fraction of sp³-hybridized carbons (Fsp3) is 1.00. The van der Waals surface area contributed by atoms with Gasteiger partial charge in [0, 0.05) is 19.3 Å². The van der Waals surface area contributed by atoms with E-state index in [1.54, 1.807) is 0 Å². The highest BCUT2D eigenvalue weighted by molar-refractivity contribution is 4.60. The molecule has 1 unspecified atom stereocenters. The standard InChI is InChI=1S/C15H33NO/c1-3-5-6-7-8-9-10-11-12-15(16)13-14-17-4-2/h15H,3-14,16H2,1-2H3. The molecule has 0 bridgehead atoms. The van der Waals surface area contributed by atoms with Crippen LogP contribution in [0.2, 0.25) is 0 Å². The largest absolute Gasteiger partial charge is 0.382 e. The molecule has 0 fully saturated rings.